The molecule has 0 aromatic heterocycles. The van der Waals surface area contributed by atoms with Crippen molar-refractivity contribution < 1.29 is 59.0 Å². The SMILES string of the molecule is [O]=[Gd].[O]=[Mn]. The van der Waals surface area contributed by atoms with E-state index in [0.717, 1.165) is 0 Å². The molecule has 0 rings (SSSR count). The summed E-state index contributed by atoms with van der Waals surface area (Å²) in [5, 5.41) is 0. The van der Waals surface area contributed by atoms with E-state index < -0.39 is 0 Å². The van der Waals surface area contributed by atoms with Crippen LogP contribution in [0.25, 0.3) is 0 Å². The Labute approximate surface area is 58.1 Å². The standard InChI is InChI=1S/Gd.Mn.2O. The molecule has 4 heavy (non-hydrogen) atoms. The summed E-state index contributed by atoms with van der Waals surface area (Å²) in [7, 11) is 0. The molecule has 4 heteroatoms. The summed E-state index contributed by atoms with van der Waals surface area (Å²) >= 11 is 2.30. The van der Waals surface area contributed by atoms with Gasteiger partial charge in [-0.3, -0.25) is 0 Å². The summed E-state index contributed by atoms with van der Waals surface area (Å²) < 4.78 is 16.3. The average molecular weight is 244 g/mol. The molecule has 0 atom stereocenters. The zero-order valence-corrected chi connectivity index (χ0v) is 5.00. The van der Waals surface area contributed by atoms with Gasteiger partial charge in [-0.15, -0.1) is 0 Å². The van der Waals surface area contributed by atoms with Crippen LogP contribution >= 0.6 is 0 Å². The zero-order chi connectivity index (χ0) is 4.00. The molecule has 0 radical (unpaired) electrons. The van der Waals surface area contributed by atoms with Crippen LogP contribution in [0.5, 0.6) is 0 Å². The monoisotopic (exact) mass is 245 g/mol. The Bertz CT molecular complexity index is 8.00. The van der Waals surface area contributed by atoms with Gasteiger partial charge in [-0.05, 0) is 0 Å². The minimum absolute atomic E-state index is 0.611. The van der Waals surface area contributed by atoms with E-state index in [1.807, 2.05) is 0 Å². The van der Waals surface area contributed by atoms with Gasteiger partial charge in [0.15, 0.2) is 0 Å². The van der Waals surface area contributed by atoms with Gasteiger partial charge in [0.25, 0.3) is 0 Å². The second-order valence-electron chi connectivity index (χ2n) is 0. The minimum atomic E-state index is 0.611. The van der Waals surface area contributed by atoms with Crippen molar-refractivity contribution in [2.75, 3.05) is 0 Å². The first-order valence-electron chi connectivity index (χ1n) is 0.299. The molecule has 0 fully saturated rings. The van der Waals surface area contributed by atoms with Gasteiger partial charge in [0.05, 0.1) is 0 Å². The Balaban J connectivity index is 0. The Kier molecular flexibility index (Phi) is 57.3. The van der Waals surface area contributed by atoms with Gasteiger partial charge in [0, 0.05) is 0 Å². The van der Waals surface area contributed by atoms with Gasteiger partial charge in [-0.2, -0.15) is 0 Å². The molecule has 0 heterocycles. The van der Waals surface area contributed by atoms with E-state index in [2.05, 4.69) is 0 Å². The third-order valence-electron chi connectivity index (χ3n) is 0. The van der Waals surface area contributed by atoms with E-state index in [0.29, 0.717) is 38.0 Å². The van der Waals surface area contributed by atoms with Gasteiger partial charge in [0.2, 0.25) is 0 Å². The van der Waals surface area contributed by atoms with Crippen molar-refractivity contribution in [2.45, 2.75) is 0 Å². The summed E-state index contributed by atoms with van der Waals surface area (Å²) in [5.74, 6) is 0. The van der Waals surface area contributed by atoms with Crippen molar-refractivity contribution in [2.24, 2.45) is 0 Å². The summed E-state index contributed by atoms with van der Waals surface area (Å²) in [4.78, 5) is 0. The normalized spacial score (nSPS) is 2.25. The van der Waals surface area contributed by atoms with Crippen molar-refractivity contribution in [1.82, 2.24) is 0 Å². The van der Waals surface area contributed by atoms with E-state index in [1.54, 1.807) is 15.9 Å². The second-order valence-corrected chi connectivity index (χ2v) is 0. The fraction of sp³-hybridized carbons (Fsp3) is 0. The molecular weight excluding hydrogens is 244 g/mol. The Morgan fingerprint density at radius 3 is 1.25 bits per heavy atom. The Morgan fingerprint density at radius 1 is 1.25 bits per heavy atom. The number of rotatable bonds is 0. The number of hydrogen-bond acceptors (Lipinski definition) is 2. The van der Waals surface area contributed by atoms with Crippen LogP contribution in [-0.2, 0) is 20.9 Å². The van der Waals surface area contributed by atoms with Crippen LogP contribution in [-0.4, -0.2) is 0 Å². The molecule has 2 nitrogen and oxygen atoms in total. The molecule has 0 unspecified atom stereocenters. The van der Waals surface area contributed by atoms with Gasteiger partial charge in [-0.25, -0.2) is 0 Å². The molecule has 0 aromatic rings. The first-order chi connectivity index (χ1) is 2.00. The quantitative estimate of drug-likeness (QED) is 0.551. The molecular formula is GdMnO2. The molecule has 0 amide bonds. The maximum absolute atomic E-state index is 8.28. The molecule has 0 aliphatic carbocycles. The summed E-state index contributed by atoms with van der Waals surface area (Å²) in [6, 6.07) is 0. The van der Waals surface area contributed by atoms with Crippen LogP contribution in [0.3, 0.4) is 0 Å². The van der Waals surface area contributed by atoms with Crippen molar-refractivity contribution >= 4 is 0 Å². The molecule has 0 saturated carbocycles. The van der Waals surface area contributed by atoms with Crippen molar-refractivity contribution in [3.05, 3.63) is 0 Å². The van der Waals surface area contributed by atoms with Crippen LogP contribution in [0.15, 0.2) is 0 Å². The van der Waals surface area contributed by atoms with E-state index in [-0.39, 0.29) is 0 Å². The first-order valence-corrected chi connectivity index (χ1v) is 1.71. The van der Waals surface area contributed by atoms with Crippen LogP contribution < -0.4 is 0 Å². The van der Waals surface area contributed by atoms with E-state index in [4.69, 9.17) is 5.00 Å². The molecule has 0 saturated heterocycles. The Hall–Kier alpha value is 1.44. The molecule has 0 bridgehead atoms. The van der Waals surface area contributed by atoms with Crippen LogP contribution in [0.2, 0.25) is 0 Å². The van der Waals surface area contributed by atoms with Crippen LogP contribution in [0, 0.1) is 38.0 Å². The summed E-state index contributed by atoms with van der Waals surface area (Å²) in [6.07, 6.45) is 0. The summed E-state index contributed by atoms with van der Waals surface area (Å²) in [5.41, 5.74) is 0. The van der Waals surface area contributed by atoms with Crippen LogP contribution in [0.4, 0.5) is 0 Å². The molecule has 0 aliphatic heterocycles. The molecule has 0 spiro atoms. The van der Waals surface area contributed by atoms with Crippen molar-refractivity contribution in [1.29, 1.82) is 0 Å². The fourth-order valence-electron chi connectivity index (χ4n) is 0. The van der Waals surface area contributed by atoms with Gasteiger partial charge >= 0.3 is 59.0 Å². The van der Waals surface area contributed by atoms with Gasteiger partial charge in [-0.1, -0.05) is 0 Å². The molecule has 0 N–H and O–H groups in total. The van der Waals surface area contributed by atoms with Crippen molar-refractivity contribution in [3.63, 3.8) is 0 Å². The van der Waals surface area contributed by atoms with Gasteiger partial charge < -0.3 is 0 Å². The van der Waals surface area contributed by atoms with E-state index >= 15 is 0 Å². The predicted molar refractivity (Wildman–Crippen MR) is 1.37 cm³/mol. The van der Waals surface area contributed by atoms with E-state index in [9.17, 15) is 0 Å². The maximum atomic E-state index is 8.28. The average Bonchev–Trinajstić information content (AvgIpc) is 1.50. The zero-order valence-electron chi connectivity index (χ0n) is 1.55. The Morgan fingerprint density at radius 2 is 1.25 bits per heavy atom. The summed E-state index contributed by atoms with van der Waals surface area (Å²) in [6.45, 7) is 0. The predicted octanol–water partition coefficient (Wildman–Crippen LogP) is -0.240. The van der Waals surface area contributed by atoms with Crippen LogP contribution in [0.1, 0.15) is 0 Å². The van der Waals surface area contributed by atoms with Crippen molar-refractivity contribution in [3.8, 4) is 0 Å². The fourth-order valence-corrected chi connectivity index (χ4v) is 0. The number of hydrogen-bond donors (Lipinski definition) is 0. The van der Waals surface area contributed by atoms with Gasteiger partial charge in [0.1, 0.15) is 0 Å². The molecule has 27 valence electrons. The topological polar surface area (TPSA) is 34.1 Å². The molecule has 0 aromatic carbocycles. The second kappa shape index (κ2) is 25.3. The van der Waals surface area contributed by atoms with E-state index in [1.165, 1.54) is 0 Å². The first kappa shape index (κ1) is 9.06. The third-order valence-corrected chi connectivity index (χ3v) is 0. The third kappa shape index (κ3) is 9.87. The molecule has 0 aliphatic rings.